The maximum atomic E-state index is 6.19. The van der Waals surface area contributed by atoms with Crippen LogP contribution in [0, 0.1) is 5.92 Å². The second kappa shape index (κ2) is 6.41. The topological polar surface area (TPSA) is 38.5 Å². The summed E-state index contributed by atoms with van der Waals surface area (Å²) in [6.07, 6.45) is 1.21. The Morgan fingerprint density at radius 3 is 2.94 bits per heavy atom. The third-order valence-electron chi connectivity index (χ3n) is 3.41. The third kappa shape index (κ3) is 3.37. The number of rotatable bonds is 5. The van der Waals surface area contributed by atoms with Gasteiger partial charge in [0.2, 0.25) is 0 Å². The van der Waals surface area contributed by atoms with Gasteiger partial charge in [-0.1, -0.05) is 17.7 Å². The van der Waals surface area contributed by atoms with Crippen molar-refractivity contribution in [2.24, 2.45) is 11.7 Å². The van der Waals surface area contributed by atoms with Crippen LogP contribution in [0.15, 0.2) is 18.2 Å². The molecule has 2 rings (SSSR count). The summed E-state index contributed by atoms with van der Waals surface area (Å²) in [6, 6.07) is 6.05. The highest BCUT2D eigenvalue weighted by atomic mass is 35.5. The van der Waals surface area contributed by atoms with Crippen molar-refractivity contribution in [3.63, 3.8) is 0 Å². The van der Waals surface area contributed by atoms with Gasteiger partial charge in [-0.05, 0) is 50.0 Å². The van der Waals surface area contributed by atoms with E-state index >= 15 is 0 Å². The second-order valence-electron chi connectivity index (χ2n) is 4.82. The molecule has 0 aliphatic carbocycles. The predicted octanol–water partition coefficient (Wildman–Crippen LogP) is 2.52. The molecule has 1 heterocycles. The van der Waals surface area contributed by atoms with Gasteiger partial charge >= 0.3 is 0 Å². The van der Waals surface area contributed by atoms with Crippen molar-refractivity contribution in [2.45, 2.75) is 19.9 Å². The van der Waals surface area contributed by atoms with E-state index in [-0.39, 0.29) is 0 Å². The first-order chi connectivity index (χ1) is 8.72. The van der Waals surface area contributed by atoms with Gasteiger partial charge in [0.25, 0.3) is 0 Å². The summed E-state index contributed by atoms with van der Waals surface area (Å²) in [4.78, 5) is 2.43. The molecule has 1 aromatic carbocycles. The van der Waals surface area contributed by atoms with E-state index in [1.807, 2.05) is 19.1 Å². The monoisotopic (exact) mass is 268 g/mol. The van der Waals surface area contributed by atoms with E-state index in [1.165, 1.54) is 12.0 Å². The average Bonchev–Trinajstić information content (AvgIpc) is 2.80. The molecular formula is C14H21ClN2O. The number of halogens is 1. The summed E-state index contributed by atoms with van der Waals surface area (Å²) >= 11 is 6.19. The molecule has 0 aromatic heterocycles. The molecule has 0 saturated carbocycles. The predicted molar refractivity (Wildman–Crippen MR) is 75.1 cm³/mol. The molecule has 1 fully saturated rings. The summed E-state index contributed by atoms with van der Waals surface area (Å²) < 4.78 is 5.43. The van der Waals surface area contributed by atoms with Gasteiger partial charge in [0.05, 0.1) is 11.6 Å². The van der Waals surface area contributed by atoms with E-state index in [1.54, 1.807) is 0 Å². The minimum atomic E-state index is 0.642. The Morgan fingerprint density at radius 1 is 1.50 bits per heavy atom. The number of hydrogen-bond donors (Lipinski definition) is 1. The van der Waals surface area contributed by atoms with Crippen molar-refractivity contribution >= 4 is 11.6 Å². The fraction of sp³-hybridized carbons (Fsp3) is 0.571. The maximum Gasteiger partial charge on any atom is 0.137 e. The van der Waals surface area contributed by atoms with E-state index in [0.29, 0.717) is 17.5 Å². The Morgan fingerprint density at radius 2 is 2.33 bits per heavy atom. The summed E-state index contributed by atoms with van der Waals surface area (Å²) in [5.41, 5.74) is 6.94. The highest BCUT2D eigenvalue weighted by molar-refractivity contribution is 6.32. The van der Waals surface area contributed by atoms with Crippen LogP contribution in [0.4, 0.5) is 0 Å². The van der Waals surface area contributed by atoms with Crippen molar-refractivity contribution in [2.75, 3.05) is 26.2 Å². The molecule has 1 saturated heterocycles. The third-order valence-corrected chi connectivity index (χ3v) is 3.70. The van der Waals surface area contributed by atoms with Crippen molar-refractivity contribution in [3.05, 3.63) is 28.8 Å². The molecule has 0 radical (unpaired) electrons. The molecule has 1 atom stereocenters. The van der Waals surface area contributed by atoms with Crippen molar-refractivity contribution in [1.82, 2.24) is 4.90 Å². The molecule has 18 heavy (non-hydrogen) atoms. The van der Waals surface area contributed by atoms with E-state index in [0.717, 1.165) is 31.9 Å². The molecule has 1 aliphatic rings. The minimum absolute atomic E-state index is 0.642. The van der Waals surface area contributed by atoms with Gasteiger partial charge in [-0.2, -0.15) is 0 Å². The van der Waals surface area contributed by atoms with Gasteiger partial charge in [0.1, 0.15) is 5.75 Å². The number of benzene rings is 1. The number of nitrogens with zero attached hydrogens (tertiary/aromatic N) is 1. The van der Waals surface area contributed by atoms with Crippen LogP contribution in [-0.2, 0) is 6.54 Å². The number of ether oxygens (including phenoxy) is 1. The molecule has 0 bridgehead atoms. The lowest BCUT2D eigenvalue weighted by Gasteiger charge is -2.16. The number of likely N-dealkylation sites (tertiary alicyclic amines) is 1. The zero-order chi connectivity index (χ0) is 13.0. The summed E-state index contributed by atoms with van der Waals surface area (Å²) in [5, 5.41) is 0.698. The van der Waals surface area contributed by atoms with Crippen LogP contribution < -0.4 is 10.5 Å². The van der Waals surface area contributed by atoms with Crippen LogP contribution in [0.5, 0.6) is 5.75 Å². The Bertz CT molecular complexity index is 397. The maximum absolute atomic E-state index is 6.19. The summed E-state index contributed by atoms with van der Waals surface area (Å²) in [6.45, 7) is 6.57. The fourth-order valence-corrected chi connectivity index (χ4v) is 2.68. The van der Waals surface area contributed by atoms with Gasteiger partial charge in [-0.3, -0.25) is 4.90 Å². The largest absolute Gasteiger partial charge is 0.492 e. The Hall–Kier alpha value is -0.770. The quantitative estimate of drug-likeness (QED) is 0.892. The first kappa shape index (κ1) is 13.7. The van der Waals surface area contributed by atoms with Crippen molar-refractivity contribution < 1.29 is 4.74 Å². The zero-order valence-electron chi connectivity index (χ0n) is 10.9. The molecule has 0 spiro atoms. The molecule has 4 heteroatoms. The standard InChI is InChI=1S/C14H21ClN2O/c1-2-18-14-4-3-11(7-13(14)15)9-17-6-5-12(8-16)10-17/h3-4,7,12H,2,5-6,8-10,16H2,1H3. The number of nitrogens with two attached hydrogens (primary N) is 1. The van der Waals surface area contributed by atoms with E-state index in [4.69, 9.17) is 22.1 Å². The molecular weight excluding hydrogens is 248 g/mol. The summed E-state index contributed by atoms with van der Waals surface area (Å²) in [7, 11) is 0. The highest BCUT2D eigenvalue weighted by Gasteiger charge is 2.21. The van der Waals surface area contributed by atoms with E-state index in [9.17, 15) is 0 Å². The molecule has 1 aliphatic heterocycles. The Labute approximate surface area is 114 Å². The molecule has 100 valence electrons. The Kier molecular flexibility index (Phi) is 4.87. The van der Waals surface area contributed by atoms with Crippen LogP contribution >= 0.6 is 11.6 Å². The lowest BCUT2D eigenvalue weighted by atomic mass is 10.1. The van der Waals surface area contributed by atoms with Crippen LogP contribution in [0.3, 0.4) is 0 Å². The summed E-state index contributed by atoms with van der Waals surface area (Å²) in [5.74, 6) is 1.42. The second-order valence-corrected chi connectivity index (χ2v) is 5.23. The molecule has 3 nitrogen and oxygen atoms in total. The SMILES string of the molecule is CCOc1ccc(CN2CCC(CN)C2)cc1Cl. The van der Waals surface area contributed by atoms with Gasteiger partial charge < -0.3 is 10.5 Å². The van der Waals surface area contributed by atoms with Crippen molar-refractivity contribution in [1.29, 1.82) is 0 Å². The minimum Gasteiger partial charge on any atom is -0.492 e. The molecule has 0 amide bonds. The first-order valence-electron chi connectivity index (χ1n) is 6.56. The molecule has 1 aromatic rings. The van der Waals surface area contributed by atoms with E-state index in [2.05, 4.69) is 11.0 Å². The first-order valence-corrected chi connectivity index (χ1v) is 6.94. The van der Waals surface area contributed by atoms with Gasteiger partial charge in [0.15, 0.2) is 0 Å². The van der Waals surface area contributed by atoms with Gasteiger partial charge in [-0.15, -0.1) is 0 Å². The normalized spacial score (nSPS) is 20.3. The smallest absolute Gasteiger partial charge is 0.137 e. The Balaban J connectivity index is 1.96. The van der Waals surface area contributed by atoms with Crippen molar-refractivity contribution in [3.8, 4) is 5.75 Å². The van der Waals surface area contributed by atoms with Crippen LogP contribution in [0.2, 0.25) is 5.02 Å². The van der Waals surface area contributed by atoms with E-state index < -0.39 is 0 Å². The zero-order valence-corrected chi connectivity index (χ0v) is 11.6. The number of hydrogen-bond acceptors (Lipinski definition) is 3. The lowest BCUT2D eigenvalue weighted by Crippen LogP contribution is -2.22. The lowest BCUT2D eigenvalue weighted by molar-refractivity contribution is 0.317. The fourth-order valence-electron chi connectivity index (χ4n) is 2.42. The van der Waals surface area contributed by atoms with Crippen LogP contribution in [0.1, 0.15) is 18.9 Å². The van der Waals surface area contributed by atoms with Gasteiger partial charge in [0, 0.05) is 13.1 Å². The van der Waals surface area contributed by atoms with Crippen LogP contribution in [-0.4, -0.2) is 31.1 Å². The average molecular weight is 269 g/mol. The highest BCUT2D eigenvalue weighted by Crippen LogP contribution is 2.27. The molecule has 1 unspecified atom stereocenters. The molecule has 2 N–H and O–H groups in total. The van der Waals surface area contributed by atoms with Crippen LogP contribution in [0.25, 0.3) is 0 Å². The van der Waals surface area contributed by atoms with Gasteiger partial charge in [-0.25, -0.2) is 0 Å².